The number of halogens is 2. The van der Waals surface area contributed by atoms with Crippen molar-refractivity contribution in [3.8, 4) is 11.3 Å². The molecule has 0 bridgehead atoms. The highest BCUT2D eigenvalue weighted by Crippen LogP contribution is 2.29. The summed E-state index contributed by atoms with van der Waals surface area (Å²) in [6, 6.07) is 8.98. The topological polar surface area (TPSA) is 73.0 Å². The molecule has 0 saturated carbocycles. The summed E-state index contributed by atoms with van der Waals surface area (Å²) in [6.07, 6.45) is 1.53. The Morgan fingerprint density at radius 1 is 1.11 bits per heavy atom. The molecule has 6 nitrogen and oxygen atoms in total. The molecule has 0 radical (unpaired) electrons. The molecule has 28 heavy (non-hydrogen) atoms. The predicted molar refractivity (Wildman–Crippen MR) is 105 cm³/mol. The molecule has 0 saturated heterocycles. The monoisotopic (exact) mass is 385 g/mol. The number of carbonyl (C=O) groups excluding carboxylic acids is 1. The molecule has 146 valence electrons. The van der Waals surface area contributed by atoms with Crippen LogP contribution in [0.15, 0.2) is 42.6 Å². The smallest absolute Gasteiger partial charge is 0.321 e. The van der Waals surface area contributed by atoms with E-state index in [0.29, 0.717) is 17.8 Å². The lowest BCUT2D eigenvalue weighted by molar-refractivity contribution is 0.230. The third-order valence-corrected chi connectivity index (χ3v) is 4.38. The van der Waals surface area contributed by atoms with E-state index in [1.807, 2.05) is 19.1 Å². The zero-order chi connectivity index (χ0) is 20.3. The number of hydrogen-bond acceptors (Lipinski definition) is 3. The van der Waals surface area contributed by atoms with E-state index in [-0.39, 0.29) is 17.3 Å². The zero-order valence-corrected chi connectivity index (χ0v) is 15.8. The molecule has 0 aliphatic carbocycles. The molecule has 1 aromatic heterocycles. The zero-order valence-electron chi connectivity index (χ0n) is 15.8. The summed E-state index contributed by atoms with van der Waals surface area (Å²) in [5, 5.41) is 12.7. The van der Waals surface area contributed by atoms with E-state index in [2.05, 4.69) is 20.8 Å². The fraction of sp³-hybridized carbons (Fsp3) is 0.200. The molecule has 2 amide bonds. The second-order valence-electron chi connectivity index (χ2n) is 6.52. The number of rotatable bonds is 5. The molecule has 0 spiro atoms. The first-order valence-corrected chi connectivity index (χ1v) is 8.67. The van der Waals surface area contributed by atoms with Gasteiger partial charge >= 0.3 is 6.03 Å². The van der Waals surface area contributed by atoms with E-state index in [1.54, 1.807) is 20.2 Å². The summed E-state index contributed by atoms with van der Waals surface area (Å²) in [5.41, 5.74) is 3.08. The molecule has 0 atom stereocenters. The van der Waals surface area contributed by atoms with Gasteiger partial charge in [-0.1, -0.05) is 12.1 Å². The van der Waals surface area contributed by atoms with Crippen molar-refractivity contribution in [2.24, 2.45) is 0 Å². The maximum absolute atomic E-state index is 14.1. The maximum atomic E-state index is 14.1. The van der Waals surface area contributed by atoms with Gasteiger partial charge < -0.3 is 15.5 Å². The molecular weight excluding hydrogens is 364 g/mol. The Kier molecular flexibility index (Phi) is 5.58. The van der Waals surface area contributed by atoms with Gasteiger partial charge in [-0.15, -0.1) is 0 Å². The average Bonchev–Trinajstić information content (AvgIpc) is 3.10. The highest BCUT2D eigenvalue weighted by molar-refractivity contribution is 5.90. The first-order valence-electron chi connectivity index (χ1n) is 8.67. The normalized spacial score (nSPS) is 10.6. The van der Waals surface area contributed by atoms with Gasteiger partial charge in [0, 0.05) is 37.6 Å². The molecule has 2 aromatic carbocycles. The van der Waals surface area contributed by atoms with E-state index in [9.17, 15) is 13.6 Å². The quantitative estimate of drug-likeness (QED) is 0.611. The van der Waals surface area contributed by atoms with Crippen LogP contribution in [0.5, 0.6) is 0 Å². The number of nitrogens with zero attached hydrogens (tertiary/aromatic N) is 2. The van der Waals surface area contributed by atoms with Crippen molar-refractivity contribution in [3.63, 3.8) is 0 Å². The van der Waals surface area contributed by atoms with Crippen LogP contribution in [0.2, 0.25) is 0 Å². The molecule has 3 N–H and O–H groups in total. The number of aromatic amines is 1. The Morgan fingerprint density at radius 3 is 2.43 bits per heavy atom. The van der Waals surface area contributed by atoms with Gasteiger partial charge in [0.15, 0.2) is 0 Å². The summed E-state index contributed by atoms with van der Waals surface area (Å²) in [6.45, 7) is 2.17. The summed E-state index contributed by atoms with van der Waals surface area (Å²) >= 11 is 0. The van der Waals surface area contributed by atoms with Crippen molar-refractivity contribution in [1.82, 2.24) is 15.1 Å². The van der Waals surface area contributed by atoms with Gasteiger partial charge in [-0.05, 0) is 36.8 Å². The van der Waals surface area contributed by atoms with E-state index in [4.69, 9.17) is 0 Å². The minimum Gasteiger partial charge on any atom is -0.381 e. The van der Waals surface area contributed by atoms with Crippen LogP contribution in [-0.4, -0.2) is 35.2 Å². The Labute approximate surface area is 161 Å². The van der Waals surface area contributed by atoms with Crippen molar-refractivity contribution in [3.05, 3.63) is 65.4 Å². The van der Waals surface area contributed by atoms with Crippen LogP contribution in [0.4, 0.5) is 25.0 Å². The van der Waals surface area contributed by atoms with Crippen molar-refractivity contribution in [2.75, 3.05) is 24.7 Å². The SMILES string of the molecule is Cc1c(NCc2cn[nH]c2-c2c(F)cccc2F)cccc1NC(=O)N(C)C. The highest BCUT2D eigenvalue weighted by atomic mass is 19.1. The number of benzene rings is 2. The number of anilines is 2. The molecule has 0 aliphatic rings. The van der Waals surface area contributed by atoms with Gasteiger partial charge in [0.1, 0.15) is 11.6 Å². The van der Waals surface area contributed by atoms with Gasteiger partial charge in [0.25, 0.3) is 0 Å². The maximum Gasteiger partial charge on any atom is 0.321 e. The van der Waals surface area contributed by atoms with Crippen molar-refractivity contribution >= 4 is 17.4 Å². The van der Waals surface area contributed by atoms with Crippen LogP contribution in [0, 0.1) is 18.6 Å². The van der Waals surface area contributed by atoms with Crippen molar-refractivity contribution in [2.45, 2.75) is 13.5 Å². The largest absolute Gasteiger partial charge is 0.381 e. The summed E-state index contributed by atoms with van der Waals surface area (Å²) in [7, 11) is 3.32. The minimum atomic E-state index is -0.657. The van der Waals surface area contributed by atoms with Gasteiger partial charge in [-0.3, -0.25) is 5.10 Å². The number of H-pyrrole nitrogens is 1. The number of aromatic nitrogens is 2. The van der Waals surface area contributed by atoms with E-state index >= 15 is 0 Å². The van der Waals surface area contributed by atoms with Gasteiger partial charge in [0.2, 0.25) is 0 Å². The van der Waals surface area contributed by atoms with E-state index in [1.165, 1.54) is 29.3 Å². The lowest BCUT2D eigenvalue weighted by Gasteiger charge is -2.16. The third kappa shape index (κ3) is 3.95. The fourth-order valence-electron chi connectivity index (χ4n) is 2.78. The first-order chi connectivity index (χ1) is 13.4. The van der Waals surface area contributed by atoms with Crippen LogP contribution >= 0.6 is 0 Å². The average molecular weight is 385 g/mol. The van der Waals surface area contributed by atoms with Crippen LogP contribution in [0.25, 0.3) is 11.3 Å². The van der Waals surface area contributed by atoms with Crippen LogP contribution in [0.1, 0.15) is 11.1 Å². The first kappa shape index (κ1) is 19.3. The van der Waals surface area contributed by atoms with Gasteiger partial charge in [-0.25, -0.2) is 13.6 Å². The van der Waals surface area contributed by atoms with Crippen LogP contribution in [0.3, 0.4) is 0 Å². The van der Waals surface area contributed by atoms with Gasteiger partial charge in [-0.2, -0.15) is 5.10 Å². The number of urea groups is 1. The van der Waals surface area contributed by atoms with Crippen molar-refractivity contribution in [1.29, 1.82) is 0 Å². The standard InChI is InChI=1S/C20H21F2N5O/c1-12-16(8-5-9-17(12)25-20(28)27(2)3)23-10-13-11-24-26-19(13)18-14(21)6-4-7-15(18)22/h4-9,11,23H,10H2,1-3H3,(H,24,26)(H,25,28). The molecular formula is C20H21F2N5O. The van der Waals surface area contributed by atoms with Crippen molar-refractivity contribution < 1.29 is 13.6 Å². The number of amides is 2. The third-order valence-electron chi connectivity index (χ3n) is 4.38. The molecule has 3 rings (SSSR count). The van der Waals surface area contributed by atoms with E-state index < -0.39 is 11.6 Å². The Balaban J connectivity index is 1.81. The molecule has 1 heterocycles. The molecule has 0 fully saturated rings. The number of hydrogen-bond donors (Lipinski definition) is 3. The Morgan fingerprint density at radius 2 is 1.75 bits per heavy atom. The van der Waals surface area contributed by atoms with Gasteiger partial charge in [0.05, 0.1) is 17.5 Å². The second-order valence-corrected chi connectivity index (χ2v) is 6.52. The highest BCUT2D eigenvalue weighted by Gasteiger charge is 2.17. The minimum absolute atomic E-state index is 0.138. The second kappa shape index (κ2) is 8.08. The Bertz CT molecular complexity index is 980. The summed E-state index contributed by atoms with van der Waals surface area (Å²) < 4.78 is 28.2. The Hall–Kier alpha value is -3.42. The summed E-state index contributed by atoms with van der Waals surface area (Å²) in [4.78, 5) is 13.3. The summed E-state index contributed by atoms with van der Waals surface area (Å²) in [5.74, 6) is -1.31. The number of carbonyl (C=O) groups is 1. The number of nitrogens with one attached hydrogen (secondary N) is 3. The lowest BCUT2D eigenvalue weighted by atomic mass is 10.1. The molecule has 0 aliphatic heterocycles. The van der Waals surface area contributed by atoms with Crippen LogP contribution < -0.4 is 10.6 Å². The molecule has 3 aromatic rings. The van der Waals surface area contributed by atoms with Crippen LogP contribution in [-0.2, 0) is 6.54 Å². The molecule has 0 unspecified atom stereocenters. The van der Waals surface area contributed by atoms with E-state index in [0.717, 1.165) is 11.3 Å². The fourth-order valence-corrected chi connectivity index (χ4v) is 2.78. The molecule has 8 heteroatoms. The lowest BCUT2D eigenvalue weighted by Crippen LogP contribution is -2.27. The predicted octanol–water partition coefficient (Wildman–Crippen LogP) is 4.37.